The smallest absolute Gasteiger partial charge is 0.0355 e. The maximum Gasteiger partial charge on any atom is 0.0355 e. The first kappa shape index (κ1) is 23.0. The molecule has 0 bridgehead atoms. The molecule has 1 aliphatic rings. The third-order valence-electron chi connectivity index (χ3n) is 8.90. The molecule has 0 saturated carbocycles. The van der Waals surface area contributed by atoms with Gasteiger partial charge in [-0.25, -0.2) is 0 Å². The maximum absolute atomic E-state index is 2.48. The summed E-state index contributed by atoms with van der Waals surface area (Å²) < 4.78 is 2.69. The molecular formula is C40H26S. The second-order valence-corrected chi connectivity index (χ2v) is 12.2. The second kappa shape index (κ2) is 8.89. The standard InChI is InChI=1S/C40H26S/c1-2-12-27-25(11-1)23-36(29-14-4-3-13-28(27)29)40-33-18-7-5-16-31(33)39(32-17-6-8-19-34(32)40)26-21-22-38-35(24-26)30-15-9-10-20-37(30)41-38/h2-10,12-24H,1,11H2. The summed E-state index contributed by atoms with van der Waals surface area (Å²) in [4.78, 5) is 0. The molecule has 0 amide bonds. The minimum absolute atomic E-state index is 1.09. The lowest BCUT2D eigenvalue weighted by atomic mass is 9.82. The highest BCUT2D eigenvalue weighted by molar-refractivity contribution is 7.25. The van der Waals surface area contributed by atoms with Crippen molar-refractivity contribution in [3.8, 4) is 22.3 Å². The van der Waals surface area contributed by atoms with Crippen molar-refractivity contribution < 1.29 is 0 Å². The molecule has 8 aromatic rings. The van der Waals surface area contributed by atoms with Crippen LogP contribution in [0.5, 0.6) is 0 Å². The number of hydrogen-bond acceptors (Lipinski definition) is 1. The molecule has 1 heteroatoms. The van der Waals surface area contributed by atoms with E-state index in [1.807, 2.05) is 11.3 Å². The predicted octanol–water partition coefficient (Wildman–Crippen LogP) is 11.8. The van der Waals surface area contributed by atoms with Gasteiger partial charge in [0.15, 0.2) is 0 Å². The normalized spacial score (nSPS) is 13.1. The van der Waals surface area contributed by atoms with Gasteiger partial charge in [0.25, 0.3) is 0 Å². The van der Waals surface area contributed by atoms with E-state index in [1.165, 1.54) is 85.9 Å². The van der Waals surface area contributed by atoms with Gasteiger partial charge in [-0.05, 0) is 103 Å². The number of rotatable bonds is 2. The van der Waals surface area contributed by atoms with Crippen LogP contribution >= 0.6 is 11.3 Å². The highest BCUT2D eigenvalue weighted by Gasteiger charge is 2.20. The van der Waals surface area contributed by atoms with Gasteiger partial charge in [0, 0.05) is 20.2 Å². The van der Waals surface area contributed by atoms with Crippen LogP contribution < -0.4 is 0 Å². The fraction of sp³-hybridized carbons (Fsp3) is 0.0500. The van der Waals surface area contributed by atoms with Crippen molar-refractivity contribution in [3.63, 3.8) is 0 Å². The Balaban J connectivity index is 1.42. The van der Waals surface area contributed by atoms with E-state index < -0.39 is 0 Å². The number of aryl methyl sites for hydroxylation is 1. The van der Waals surface area contributed by atoms with Crippen molar-refractivity contribution in [1.29, 1.82) is 0 Å². The van der Waals surface area contributed by atoms with Crippen LogP contribution in [0.1, 0.15) is 17.5 Å². The quantitative estimate of drug-likeness (QED) is 0.192. The van der Waals surface area contributed by atoms with E-state index in [4.69, 9.17) is 0 Å². The summed E-state index contributed by atoms with van der Waals surface area (Å²) in [5.74, 6) is 0. The van der Waals surface area contributed by atoms with E-state index in [-0.39, 0.29) is 0 Å². The molecule has 0 nitrogen and oxygen atoms in total. The monoisotopic (exact) mass is 538 g/mol. The lowest BCUT2D eigenvalue weighted by molar-refractivity contribution is 0.990. The number of hydrogen-bond donors (Lipinski definition) is 0. The van der Waals surface area contributed by atoms with Crippen molar-refractivity contribution in [3.05, 3.63) is 139 Å². The summed E-state index contributed by atoms with van der Waals surface area (Å²) in [6.45, 7) is 0. The summed E-state index contributed by atoms with van der Waals surface area (Å²) in [5, 5.41) is 10.6. The molecule has 0 atom stereocenters. The van der Waals surface area contributed by atoms with Crippen LogP contribution in [-0.2, 0) is 6.42 Å². The summed E-state index contributed by atoms with van der Waals surface area (Å²) in [6.07, 6.45) is 6.84. The van der Waals surface area contributed by atoms with Crippen LogP contribution in [-0.4, -0.2) is 0 Å². The van der Waals surface area contributed by atoms with Crippen LogP contribution in [0.25, 0.3) is 80.8 Å². The number of benzene rings is 7. The molecule has 7 aromatic carbocycles. The van der Waals surface area contributed by atoms with E-state index in [2.05, 4.69) is 133 Å². The Hall–Kier alpha value is -4.72. The molecule has 9 rings (SSSR count). The van der Waals surface area contributed by atoms with Crippen LogP contribution in [0, 0.1) is 0 Å². The molecule has 0 unspecified atom stereocenters. The Morgan fingerprint density at radius 1 is 0.463 bits per heavy atom. The minimum atomic E-state index is 1.09. The van der Waals surface area contributed by atoms with Gasteiger partial charge in [0.2, 0.25) is 0 Å². The zero-order valence-electron chi connectivity index (χ0n) is 22.5. The Morgan fingerprint density at radius 3 is 1.78 bits per heavy atom. The van der Waals surface area contributed by atoms with Gasteiger partial charge >= 0.3 is 0 Å². The van der Waals surface area contributed by atoms with E-state index in [0.29, 0.717) is 0 Å². The lowest BCUT2D eigenvalue weighted by Gasteiger charge is -2.21. The van der Waals surface area contributed by atoms with Gasteiger partial charge in [0.1, 0.15) is 0 Å². The highest BCUT2D eigenvalue weighted by atomic mass is 32.1. The molecule has 0 spiro atoms. The van der Waals surface area contributed by atoms with Gasteiger partial charge in [-0.15, -0.1) is 11.3 Å². The third-order valence-corrected chi connectivity index (χ3v) is 10.1. The molecule has 0 N–H and O–H groups in total. The summed E-state index contributed by atoms with van der Waals surface area (Å²) in [7, 11) is 0. The summed E-state index contributed by atoms with van der Waals surface area (Å²) >= 11 is 1.88. The molecule has 1 aliphatic carbocycles. The zero-order valence-corrected chi connectivity index (χ0v) is 23.3. The van der Waals surface area contributed by atoms with Crippen molar-refractivity contribution in [1.82, 2.24) is 0 Å². The maximum atomic E-state index is 2.48. The van der Waals surface area contributed by atoms with Crippen LogP contribution in [0.3, 0.4) is 0 Å². The van der Waals surface area contributed by atoms with E-state index >= 15 is 0 Å². The van der Waals surface area contributed by atoms with Crippen LogP contribution in [0.2, 0.25) is 0 Å². The van der Waals surface area contributed by atoms with Gasteiger partial charge < -0.3 is 0 Å². The molecule has 0 saturated heterocycles. The Labute approximate surface area is 242 Å². The SMILES string of the molecule is C1=Cc2c(cc(-c3c4ccccc4c(-c4ccc5sc6ccccc6c5c4)c4ccccc34)c3ccccc23)CC1. The molecule has 41 heavy (non-hydrogen) atoms. The average Bonchev–Trinajstić information content (AvgIpc) is 3.41. The van der Waals surface area contributed by atoms with E-state index in [1.54, 1.807) is 0 Å². The summed E-state index contributed by atoms with van der Waals surface area (Å²) in [6, 6.07) is 45.4. The van der Waals surface area contributed by atoms with Gasteiger partial charge in [-0.1, -0.05) is 109 Å². The first-order valence-corrected chi connectivity index (χ1v) is 15.2. The molecule has 0 fully saturated rings. The van der Waals surface area contributed by atoms with Gasteiger partial charge in [-0.2, -0.15) is 0 Å². The molecule has 0 radical (unpaired) electrons. The van der Waals surface area contributed by atoms with Crippen molar-refractivity contribution in [2.24, 2.45) is 0 Å². The largest absolute Gasteiger partial charge is 0.135 e. The number of allylic oxidation sites excluding steroid dienone is 1. The third kappa shape index (κ3) is 3.40. The first-order chi connectivity index (χ1) is 20.3. The van der Waals surface area contributed by atoms with E-state index in [0.717, 1.165) is 12.8 Å². The first-order valence-electron chi connectivity index (χ1n) is 14.4. The second-order valence-electron chi connectivity index (χ2n) is 11.1. The highest BCUT2D eigenvalue weighted by Crippen LogP contribution is 2.47. The number of fused-ring (bicyclic) bond motifs is 8. The molecular weight excluding hydrogens is 513 g/mol. The minimum Gasteiger partial charge on any atom is -0.135 e. The Morgan fingerprint density at radius 2 is 1.05 bits per heavy atom. The van der Waals surface area contributed by atoms with Crippen molar-refractivity contribution >= 4 is 69.9 Å². The number of thiophene rings is 1. The van der Waals surface area contributed by atoms with E-state index in [9.17, 15) is 0 Å². The predicted molar refractivity (Wildman–Crippen MR) is 180 cm³/mol. The molecule has 0 aliphatic heterocycles. The van der Waals surface area contributed by atoms with Crippen molar-refractivity contribution in [2.75, 3.05) is 0 Å². The fourth-order valence-electron chi connectivity index (χ4n) is 7.12. The van der Waals surface area contributed by atoms with Crippen molar-refractivity contribution in [2.45, 2.75) is 12.8 Å². The zero-order chi connectivity index (χ0) is 26.9. The molecule has 1 aromatic heterocycles. The average molecular weight is 539 g/mol. The Bertz CT molecular complexity index is 2310. The van der Waals surface area contributed by atoms with Crippen LogP contribution in [0.15, 0.2) is 127 Å². The van der Waals surface area contributed by atoms with Gasteiger partial charge in [-0.3, -0.25) is 0 Å². The van der Waals surface area contributed by atoms with Gasteiger partial charge in [0.05, 0.1) is 0 Å². The topological polar surface area (TPSA) is 0 Å². The van der Waals surface area contributed by atoms with Crippen LogP contribution in [0.4, 0.5) is 0 Å². The molecule has 1 heterocycles. The fourth-order valence-corrected chi connectivity index (χ4v) is 8.20. The summed E-state index contributed by atoms with van der Waals surface area (Å²) in [5.41, 5.74) is 8.12. The lowest BCUT2D eigenvalue weighted by Crippen LogP contribution is -1.98. The molecule has 192 valence electrons. The Kier molecular flexibility index (Phi) is 5.00.